The predicted octanol–water partition coefficient (Wildman–Crippen LogP) is 4.34. The fraction of sp³-hybridized carbons (Fsp3) is 0.533. The second-order valence-corrected chi connectivity index (χ2v) is 4.36. The Morgan fingerprint density at radius 2 is 1.72 bits per heavy atom. The van der Waals surface area contributed by atoms with E-state index >= 15 is 0 Å². The minimum absolute atomic E-state index is 0.525. The number of unbranched alkanes of at least 4 members (excludes halogenated alkanes) is 4. The van der Waals surface area contributed by atoms with Crippen LogP contribution in [0.4, 0.5) is 4.79 Å². The lowest BCUT2D eigenvalue weighted by Crippen LogP contribution is -2.07. The summed E-state index contributed by atoms with van der Waals surface area (Å²) in [5.41, 5.74) is 1.28. The molecule has 18 heavy (non-hydrogen) atoms. The first-order chi connectivity index (χ1) is 8.76. The van der Waals surface area contributed by atoms with Gasteiger partial charge in [0.2, 0.25) is 0 Å². The summed E-state index contributed by atoms with van der Waals surface area (Å²) in [6.07, 6.45) is 6.83. The molecule has 3 nitrogen and oxygen atoms in total. The molecule has 0 radical (unpaired) electrons. The molecule has 1 aromatic carbocycles. The number of carbonyl (C=O) groups is 1. The molecule has 1 rings (SSSR count). The van der Waals surface area contributed by atoms with E-state index in [9.17, 15) is 4.79 Å². The topological polar surface area (TPSA) is 35.5 Å². The van der Waals surface area contributed by atoms with Crippen molar-refractivity contribution in [1.29, 1.82) is 0 Å². The number of hydrogen-bond acceptors (Lipinski definition) is 3. The van der Waals surface area contributed by atoms with Crippen molar-refractivity contribution in [2.24, 2.45) is 0 Å². The SMILES string of the molecule is CCCCCCCc1ccc(OC(=O)OC)cc1. The maximum atomic E-state index is 10.9. The first-order valence-electron chi connectivity index (χ1n) is 6.61. The van der Waals surface area contributed by atoms with Gasteiger partial charge < -0.3 is 9.47 Å². The molecule has 0 unspecified atom stereocenters. The van der Waals surface area contributed by atoms with E-state index in [0.717, 1.165) is 6.42 Å². The molecular formula is C15H22O3. The maximum Gasteiger partial charge on any atom is 0.513 e. The van der Waals surface area contributed by atoms with Gasteiger partial charge in [-0.15, -0.1) is 0 Å². The zero-order valence-electron chi connectivity index (χ0n) is 11.3. The zero-order chi connectivity index (χ0) is 13.2. The highest BCUT2D eigenvalue weighted by Gasteiger charge is 2.02. The Labute approximate surface area is 109 Å². The lowest BCUT2D eigenvalue weighted by atomic mass is 10.1. The largest absolute Gasteiger partial charge is 0.513 e. The highest BCUT2D eigenvalue weighted by Crippen LogP contribution is 2.15. The van der Waals surface area contributed by atoms with Crippen molar-refractivity contribution in [3.63, 3.8) is 0 Å². The monoisotopic (exact) mass is 250 g/mol. The molecule has 0 fully saturated rings. The van der Waals surface area contributed by atoms with Crippen molar-refractivity contribution < 1.29 is 14.3 Å². The van der Waals surface area contributed by atoms with Crippen LogP contribution in [0.25, 0.3) is 0 Å². The molecule has 1 aromatic rings. The van der Waals surface area contributed by atoms with Crippen LogP contribution in [-0.2, 0) is 11.2 Å². The second kappa shape index (κ2) is 8.56. The van der Waals surface area contributed by atoms with Gasteiger partial charge >= 0.3 is 6.16 Å². The molecule has 0 aromatic heterocycles. The molecular weight excluding hydrogens is 228 g/mol. The molecule has 0 N–H and O–H groups in total. The van der Waals surface area contributed by atoms with Crippen molar-refractivity contribution in [3.8, 4) is 5.75 Å². The van der Waals surface area contributed by atoms with Gasteiger partial charge in [0.1, 0.15) is 5.75 Å². The van der Waals surface area contributed by atoms with E-state index < -0.39 is 6.16 Å². The standard InChI is InChI=1S/C15H22O3/c1-3-4-5-6-7-8-13-9-11-14(12-10-13)18-15(16)17-2/h9-12H,3-8H2,1-2H3. The smallest absolute Gasteiger partial charge is 0.437 e. The summed E-state index contributed by atoms with van der Waals surface area (Å²) in [6, 6.07) is 7.60. The van der Waals surface area contributed by atoms with Crippen LogP contribution in [0, 0.1) is 0 Å². The molecule has 100 valence electrons. The van der Waals surface area contributed by atoms with E-state index in [1.165, 1.54) is 44.8 Å². The van der Waals surface area contributed by atoms with E-state index in [1.54, 1.807) is 12.1 Å². The average molecular weight is 250 g/mol. The Balaban J connectivity index is 2.29. The molecule has 0 bridgehead atoms. The predicted molar refractivity (Wildman–Crippen MR) is 71.9 cm³/mol. The van der Waals surface area contributed by atoms with E-state index in [4.69, 9.17) is 4.74 Å². The number of aryl methyl sites for hydroxylation is 1. The molecule has 0 heterocycles. The summed E-state index contributed by atoms with van der Waals surface area (Å²) < 4.78 is 9.34. The normalized spacial score (nSPS) is 10.1. The van der Waals surface area contributed by atoms with Gasteiger partial charge in [0, 0.05) is 0 Å². The van der Waals surface area contributed by atoms with Crippen LogP contribution in [-0.4, -0.2) is 13.3 Å². The summed E-state index contributed by atoms with van der Waals surface area (Å²) in [5.74, 6) is 0.525. The molecule has 0 aliphatic rings. The van der Waals surface area contributed by atoms with Crippen molar-refractivity contribution in [2.45, 2.75) is 45.4 Å². The maximum absolute atomic E-state index is 10.9. The highest BCUT2D eigenvalue weighted by molar-refractivity contribution is 5.63. The van der Waals surface area contributed by atoms with Crippen molar-refractivity contribution in [2.75, 3.05) is 7.11 Å². The second-order valence-electron chi connectivity index (χ2n) is 4.36. The Kier molecular flexibility index (Phi) is 6.92. The quantitative estimate of drug-likeness (QED) is 0.410. The molecule has 0 aliphatic heterocycles. The molecule has 0 spiro atoms. The van der Waals surface area contributed by atoms with Gasteiger partial charge in [-0.05, 0) is 30.5 Å². The fourth-order valence-electron chi connectivity index (χ4n) is 1.79. The van der Waals surface area contributed by atoms with E-state index in [2.05, 4.69) is 11.7 Å². The molecule has 0 atom stereocenters. The first-order valence-corrected chi connectivity index (χ1v) is 6.61. The number of methoxy groups -OCH3 is 1. The third-order valence-electron chi connectivity index (χ3n) is 2.86. The van der Waals surface area contributed by atoms with Gasteiger partial charge in [-0.2, -0.15) is 0 Å². The third kappa shape index (κ3) is 5.71. The summed E-state index contributed by atoms with van der Waals surface area (Å²) in [7, 11) is 1.30. The number of hydrogen-bond donors (Lipinski definition) is 0. The number of rotatable bonds is 7. The molecule has 0 amide bonds. The van der Waals surface area contributed by atoms with Crippen molar-refractivity contribution in [1.82, 2.24) is 0 Å². The van der Waals surface area contributed by atoms with Gasteiger partial charge in [-0.3, -0.25) is 0 Å². The Morgan fingerprint density at radius 1 is 1.06 bits per heavy atom. The lowest BCUT2D eigenvalue weighted by Gasteiger charge is -2.04. The molecule has 0 saturated carbocycles. The Bertz CT molecular complexity index is 343. The van der Waals surface area contributed by atoms with Crippen molar-refractivity contribution in [3.05, 3.63) is 29.8 Å². The van der Waals surface area contributed by atoms with Crippen LogP contribution in [0.15, 0.2) is 24.3 Å². The number of ether oxygens (including phenoxy) is 2. The molecule has 0 saturated heterocycles. The zero-order valence-corrected chi connectivity index (χ0v) is 11.3. The van der Waals surface area contributed by atoms with Crippen LogP contribution in [0.1, 0.15) is 44.6 Å². The lowest BCUT2D eigenvalue weighted by molar-refractivity contribution is 0.121. The van der Waals surface area contributed by atoms with E-state index in [-0.39, 0.29) is 0 Å². The Morgan fingerprint density at radius 3 is 2.33 bits per heavy atom. The molecule has 3 heteroatoms. The minimum Gasteiger partial charge on any atom is -0.437 e. The number of benzene rings is 1. The van der Waals surface area contributed by atoms with Crippen LogP contribution >= 0.6 is 0 Å². The first kappa shape index (κ1) is 14.6. The van der Waals surface area contributed by atoms with Gasteiger partial charge in [0.15, 0.2) is 0 Å². The van der Waals surface area contributed by atoms with Crippen LogP contribution in [0.2, 0.25) is 0 Å². The minimum atomic E-state index is -0.678. The van der Waals surface area contributed by atoms with Crippen LogP contribution < -0.4 is 4.74 Å². The average Bonchev–Trinajstić information content (AvgIpc) is 2.40. The van der Waals surface area contributed by atoms with E-state index in [1.807, 2.05) is 12.1 Å². The van der Waals surface area contributed by atoms with Crippen molar-refractivity contribution >= 4 is 6.16 Å². The summed E-state index contributed by atoms with van der Waals surface area (Å²) in [4.78, 5) is 10.9. The van der Waals surface area contributed by atoms with E-state index in [0.29, 0.717) is 5.75 Å². The summed E-state index contributed by atoms with van der Waals surface area (Å²) in [5, 5.41) is 0. The molecule has 0 aliphatic carbocycles. The fourth-order valence-corrected chi connectivity index (χ4v) is 1.79. The third-order valence-corrected chi connectivity index (χ3v) is 2.86. The van der Waals surface area contributed by atoms with Gasteiger partial charge in [0.25, 0.3) is 0 Å². The van der Waals surface area contributed by atoms with Gasteiger partial charge in [0.05, 0.1) is 7.11 Å². The Hall–Kier alpha value is -1.51. The number of carbonyl (C=O) groups excluding carboxylic acids is 1. The summed E-state index contributed by atoms with van der Waals surface area (Å²) >= 11 is 0. The highest BCUT2D eigenvalue weighted by atomic mass is 16.7. The van der Waals surface area contributed by atoms with Gasteiger partial charge in [-0.1, -0.05) is 44.7 Å². The van der Waals surface area contributed by atoms with Gasteiger partial charge in [-0.25, -0.2) is 4.79 Å². The summed E-state index contributed by atoms with van der Waals surface area (Å²) in [6.45, 7) is 2.22. The van der Waals surface area contributed by atoms with Crippen LogP contribution in [0.5, 0.6) is 5.75 Å². The van der Waals surface area contributed by atoms with Crippen LogP contribution in [0.3, 0.4) is 0 Å².